The molecule has 0 bridgehead atoms. The number of nitrogens with zero attached hydrogens (tertiary/aromatic N) is 5. The van der Waals surface area contributed by atoms with E-state index in [1.807, 2.05) is 4.57 Å². The van der Waals surface area contributed by atoms with E-state index in [2.05, 4.69) is 32.4 Å². The van der Waals surface area contributed by atoms with Crippen LogP contribution in [-0.2, 0) is 18.4 Å². The number of carboxylic acid groups (broad SMARTS) is 1. The number of hydrogen-bond donors (Lipinski definition) is 4. The van der Waals surface area contributed by atoms with Crippen LogP contribution >= 0.6 is 0 Å². The lowest BCUT2D eigenvalue weighted by Crippen LogP contribution is -2.44. The van der Waals surface area contributed by atoms with E-state index in [9.17, 15) is 22.8 Å². The number of aromatic nitrogens is 4. The molecule has 0 unspecified atom stereocenters. The van der Waals surface area contributed by atoms with E-state index in [0.29, 0.717) is 40.9 Å². The summed E-state index contributed by atoms with van der Waals surface area (Å²) in [5.41, 5.74) is 6.94. The molecule has 15 heteroatoms. The van der Waals surface area contributed by atoms with E-state index < -0.39 is 18.1 Å². The zero-order valence-corrected chi connectivity index (χ0v) is 20.5. The number of carbonyl (C=O) groups excluding carboxylic acids is 1. The van der Waals surface area contributed by atoms with E-state index in [4.69, 9.17) is 20.6 Å². The van der Waals surface area contributed by atoms with Crippen LogP contribution in [0.3, 0.4) is 0 Å². The quantitative estimate of drug-likeness (QED) is 0.351. The summed E-state index contributed by atoms with van der Waals surface area (Å²) < 4.78 is 35.0. The maximum atomic E-state index is 13.2. The van der Waals surface area contributed by atoms with Gasteiger partial charge in [0.1, 0.15) is 0 Å². The number of alkyl halides is 3. The van der Waals surface area contributed by atoms with Gasteiger partial charge in [-0.3, -0.25) is 18.7 Å². The number of amides is 1. The Balaban J connectivity index is 0.000000505. The van der Waals surface area contributed by atoms with Crippen molar-refractivity contribution in [2.75, 3.05) is 36.4 Å². The minimum atomic E-state index is -5.08. The smallest absolute Gasteiger partial charge is 0.475 e. The van der Waals surface area contributed by atoms with Crippen molar-refractivity contribution in [3.8, 4) is 11.8 Å². The van der Waals surface area contributed by atoms with Crippen molar-refractivity contribution in [1.29, 1.82) is 0 Å². The average molecular weight is 534 g/mol. The Bertz CT molecular complexity index is 1450. The van der Waals surface area contributed by atoms with Crippen LogP contribution in [0.2, 0.25) is 0 Å². The van der Waals surface area contributed by atoms with Gasteiger partial charge in [-0.25, -0.2) is 4.79 Å². The molecule has 12 nitrogen and oxygen atoms in total. The van der Waals surface area contributed by atoms with Crippen LogP contribution in [0.5, 0.6) is 0 Å². The van der Waals surface area contributed by atoms with Crippen molar-refractivity contribution in [3.63, 3.8) is 0 Å². The molecule has 3 aromatic rings. The molecule has 0 saturated carbocycles. The number of rotatable bonds is 5. The molecule has 1 aromatic carbocycles. The lowest BCUT2D eigenvalue weighted by molar-refractivity contribution is -0.192. The molecule has 1 aliphatic heterocycles. The number of carbonyl (C=O) groups is 2. The topological polar surface area (TPSA) is 160 Å². The van der Waals surface area contributed by atoms with Gasteiger partial charge in [-0.2, -0.15) is 23.1 Å². The van der Waals surface area contributed by atoms with Crippen LogP contribution in [-0.4, -0.2) is 68.4 Å². The van der Waals surface area contributed by atoms with Crippen molar-refractivity contribution in [2.24, 2.45) is 12.8 Å². The first-order chi connectivity index (χ1) is 17.9. The van der Waals surface area contributed by atoms with Crippen molar-refractivity contribution < 1.29 is 27.9 Å². The third-order valence-electron chi connectivity index (χ3n) is 5.45. The summed E-state index contributed by atoms with van der Waals surface area (Å²) in [6.45, 7) is 5.42. The van der Waals surface area contributed by atoms with Crippen molar-refractivity contribution in [2.45, 2.75) is 19.6 Å². The van der Waals surface area contributed by atoms with Gasteiger partial charge in [0, 0.05) is 44.5 Å². The normalized spacial score (nSPS) is 13.2. The number of halogens is 3. The molecular weight excluding hydrogens is 509 g/mol. The summed E-state index contributed by atoms with van der Waals surface area (Å²) in [7, 11) is 1.65. The predicted octanol–water partition coefficient (Wildman–Crippen LogP) is 1.04. The number of piperazine rings is 1. The van der Waals surface area contributed by atoms with Crippen LogP contribution in [0, 0.1) is 11.8 Å². The average Bonchev–Trinajstić information content (AvgIpc) is 3.24. The van der Waals surface area contributed by atoms with Crippen molar-refractivity contribution >= 4 is 40.6 Å². The first-order valence-corrected chi connectivity index (χ1v) is 11.2. The molecule has 1 saturated heterocycles. The van der Waals surface area contributed by atoms with Gasteiger partial charge in [0.25, 0.3) is 5.56 Å². The highest BCUT2D eigenvalue weighted by atomic mass is 19.4. The SMILES string of the molecule is CC#CCn1c(N2CCNCC2)nc2nc(Nc3ccc(C(N)=O)cc3)n(C)c(=O)c21.O=C(O)C(F)(F)F. The molecule has 38 heavy (non-hydrogen) atoms. The number of nitrogens with two attached hydrogens (primary N) is 1. The van der Waals surface area contributed by atoms with Gasteiger partial charge >= 0.3 is 12.1 Å². The molecule has 5 N–H and O–H groups in total. The molecule has 1 amide bonds. The highest BCUT2D eigenvalue weighted by Gasteiger charge is 2.38. The van der Waals surface area contributed by atoms with Gasteiger partial charge in [0.2, 0.25) is 17.8 Å². The van der Waals surface area contributed by atoms with Gasteiger partial charge in [0.15, 0.2) is 11.2 Å². The van der Waals surface area contributed by atoms with Gasteiger partial charge < -0.3 is 26.4 Å². The lowest BCUT2D eigenvalue weighted by atomic mass is 10.2. The number of primary amides is 1. The molecule has 202 valence electrons. The number of aliphatic carboxylic acids is 1. The summed E-state index contributed by atoms with van der Waals surface area (Å²) in [5, 5.41) is 13.6. The van der Waals surface area contributed by atoms with Gasteiger partial charge in [0.05, 0.1) is 6.54 Å². The number of hydrogen-bond acceptors (Lipinski definition) is 8. The molecule has 0 aliphatic carbocycles. The fourth-order valence-corrected chi connectivity index (χ4v) is 3.52. The lowest BCUT2D eigenvalue weighted by Gasteiger charge is -2.28. The zero-order chi connectivity index (χ0) is 28.0. The second-order valence-electron chi connectivity index (χ2n) is 8.00. The van der Waals surface area contributed by atoms with E-state index >= 15 is 0 Å². The Morgan fingerprint density at radius 2 is 1.79 bits per heavy atom. The Kier molecular flexibility index (Phi) is 8.58. The summed E-state index contributed by atoms with van der Waals surface area (Å²) in [5.74, 6) is 3.72. The minimum Gasteiger partial charge on any atom is -0.475 e. The number of carboxylic acids is 1. The Morgan fingerprint density at radius 1 is 1.18 bits per heavy atom. The summed E-state index contributed by atoms with van der Waals surface area (Å²) >= 11 is 0. The zero-order valence-electron chi connectivity index (χ0n) is 20.5. The summed E-state index contributed by atoms with van der Waals surface area (Å²) in [6, 6.07) is 6.64. The molecule has 1 aliphatic rings. The Morgan fingerprint density at radius 3 is 2.32 bits per heavy atom. The standard InChI is InChI=1S/C21H24N8O2.C2HF3O2/c1-3-4-11-29-16-18(26-21(29)28-12-9-23-10-13-28)25-20(27(2)19(16)31)24-15-7-5-14(6-8-15)17(22)30;3-2(4,5)1(6)7/h5-8,23H,9-13H2,1-2H3,(H2,22,30)(H,24,25);(H,6,7). The largest absolute Gasteiger partial charge is 0.490 e. The van der Waals surface area contributed by atoms with Crippen LogP contribution in [0.25, 0.3) is 11.2 Å². The monoisotopic (exact) mass is 534 g/mol. The second-order valence-corrected chi connectivity index (χ2v) is 8.00. The molecule has 0 radical (unpaired) electrons. The highest BCUT2D eigenvalue weighted by molar-refractivity contribution is 5.93. The third-order valence-corrected chi connectivity index (χ3v) is 5.45. The van der Waals surface area contributed by atoms with Crippen LogP contribution in [0.15, 0.2) is 29.1 Å². The van der Waals surface area contributed by atoms with E-state index in [-0.39, 0.29) is 5.56 Å². The van der Waals surface area contributed by atoms with E-state index in [1.54, 1.807) is 38.2 Å². The highest BCUT2D eigenvalue weighted by Crippen LogP contribution is 2.22. The Hall–Kier alpha value is -4.58. The summed E-state index contributed by atoms with van der Waals surface area (Å²) in [6.07, 6.45) is -5.08. The van der Waals surface area contributed by atoms with Crippen LogP contribution in [0.1, 0.15) is 17.3 Å². The molecule has 3 heterocycles. The number of anilines is 3. The van der Waals surface area contributed by atoms with Gasteiger partial charge in [-0.1, -0.05) is 5.92 Å². The summed E-state index contributed by atoms with van der Waals surface area (Å²) in [4.78, 5) is 44.9. The van der Waals surface area contributed by atoms with E-state index in [1.165, 1.54) is 4.57 Å². The fraction of sp³-hybridized carbons (Fsp3) is 0.348. The molecule has 0 atom stereocenters. The molecule has 2 aromatic heterocycles. The van der Waals surface area contributed by atoms with Crippen molar-refractivity contribution in [3.05, 3.63) is 40.2 Å². The number of fused-ring (bicyclic) bond motifs is 1. The van der Waals surface area contributed by atoms with E-state index in [0.717, 1.165) is 26.2 Å². The maximum absolute atomic E-state index is 13.2. The number of imidazole rings is 1. The number of benzene rings is 1. The van der Waals surface area contributed by atoms with Gasteiger partial charge in [-0.05, 0) is 31.2 Å². The van der Waals surface area contributed by atoms with Crippen LogP contribution in [0.4, 0.5) is 30.8 Å². The second kappa shape index (κ2) is 11.6. The maximum Gasteiger partial charge on any atom is 0.490 e. The fourth-order valence-electron chi connectivity index (χ4n) is 3.52. The van der Waals surface area contributed by atoms with Crippen LogP contribution < -0.4 is 26.8 Å². The molecule has 1 fully saturated rings. The third kappa shape index (κ3) is 6.40. The van der Waals surface area contributed by atoms with Gasteiger partial charge in [-0.15, -0.1) is 5.92 Å². The molecule has 4 rings (SSSR count). The minimum absolute atomic E-state index is 0.215. The predicted molar refractivity (Wildman–Crippen MR) is 133 cm³/mol. The Labute approximate surface area is 214 Å². The molecule has 0 spiro atoms. The first kappa shape index (κ1) is 28.0. The van der Waals surface area contributed by atoms with Crippen molar-refractivity contribution in [1.82, 2.24) is 24.4 Å². The number of nitrogens with one attached hydrogen (secondary N) is 2. The molecular formula is C23H25F3N8O4. The first-order valence-electron chi connectivity index (χ1n) is 11.2.